The monoisotopic (exact) mass is 278 g/mol. The number of carbonyl (C=O) groups is 1. The van der Waals surface area contributed by atoms with Crippen LogP contribution in [0.5, 0.6) is 0 Å². The lowest BCUT2D eigenvalue weighted by molar-refractivity contribution is -0.0210. The molecule has 0 bridgehead atoms. The summed E-state index contributed by atoms with van der Waals surface area (Å²) in [6.07, 6.45) is 0.728. The maximum absolute atomic E-state index is 11.5. The van der Waals surface area contributed by atoms with Crippen molar-refractivity contribution in [3.63, 3.8) is 0 Å². The highest BCUT2D eigenvalue weighted by Crippen LogP contribution is 2.28. The van der Waals surface area contributed by atoms with E-state index < -0.39 is 11.6 Å². The van der Waals surface area contributed by atoms with Crippen LogP contribution in [0.4, 0.5) is 4.79 Å². The number of benzene rings is 1. The summed E-state index contributed by atoms with van der Waals surface area (Å²) < 4.78 is 1.25. The lowest BCUT2D eigenvalue weighted by atomic mass is 9.99. The van der Waals surface area contributed by atoms with E-state index >= 15 is 0 Å². The van der Waals surface area contributed by atoms with Gasteiger partial charge in [0.05, 0.1) is 0 Å². The van der Waals surface area contributed by atoms with E-state index in [1.807, 2.05) is 26.0 Å². The van der Waals surface area contributed by atoms with Gasteiger partial charge in [-0.05, 0) is 31.4 Å². The first kappa shape index (κ1) is 13.8. The fraction of sp³-hybridized carbons (Fsp3) is 0.357. The molecular formula is C14H18N2O2S. The van der Waals surface area contributed by atoms with Gasteiger partial charge in [0.25, 0.3) is 0 Å². The molecule has 1 heterocycles. The summed E-state index contributed by atoms with van der Waals surface area (Å²) >= 11 is 1.73. The van der Waals surface area contributed by atoms with Crippen molar-refractivity contribution in [3.8, 4) is 0 Å². The van der Waals surface area contributed by atoms with E-state index in [1.165, 1.54) is 22.0 Å². The number of fused-ring (bicyclic) bond motifs is 1. The highest BCUT2D eigenvalue weighted by Gasteiger charge is 2.23. The smallest absolute Gasteiger partial charge is 0.331 e. The summed E-state index contributed by atoms with van der Waals surface area (Å²) in [4.78, 5) is 12.7. The zero-order chi connectivity index (χ0) is 14.0. The largest absolute Gasteiger partial charge is 0.341 e. The van der Waals surface area contributed by atoms with E-state index in [0.29, 0.717) is 5.06 Å². The van der Waals surface area contributed by atoms with Crippen LogP contribution in [0.2, 0.25) is 0 Å². The highest BCUT2D eigenvalue weighted by molar-refractivity contribution is 7.19. The minimum Gasteiger partial charge on any atom is -0.331 e. The third kappa shape index (κ3) is 3.45. The van der Waals surface area contributed by atoms with Crippen LogP contribution >= 0.6 is 11.3 Å². The average Bonchev–Trinajstić information content (AvgIpc) is 2.68. The summed E-state index contributed by atoms with van der Waals surface area (Å²) in [5, 5.41) is 13.7. The van der Waals surface area contributed by atoms with Gasteiger partial charge in [-0.1, -0.05) is 18.2 Å². The molecule has 0 saturated heterocycles. The van der Waals surface area contributed by atoms with Crippen LogP contribution in [0.15, 0.2) is 30.3 Å². The Balaban J connectivity index is 2.12. The van der Waals surface area contributed by atoms with Gasteiger partial charge in [-0.3, -0.25) is 5.21 Å². The normalized spacial score (nSPS) is 11.6. The van der Waals surface area contributed by atoms with Gasteiger partial charge in [0.2, 0.25) is 0 Å². The maximum Gasteiger partial charge on any atom is 0.341 e. The number of amides is 2. The van der Waals surface area contributed by atoms with Crippen LogP contribution in [0.1, 0.15) is 18.7 Å². The van der Waals surface area contributed by atoms with Gasteiger partial charge in [-0.25, -0.2) is 9.86 Å². The molecule has 2 rings (SSSR count). The molecule has 0 saturated carbocycles. The molecule has 4 nitrogen and oxygen atoms in total. The molecular weight excluding hydrogens is 260 g/mol. The predicted molar refractivity (Wildman–Crippen MR) is 77.7 cm³/mol. The van der Waals surface area contributed by atoms with Crippen molar-refractivity contribution < 1.29 is 10.0 Å². The molecule has 1 aromatic heterocycles. The second-order valence-electron chi connectivity index (χ2n) is 5.26. The standard InChI is InChI=1S/C14H18N2O2S/c1-14(2,15-13(17)16(3)18)9-11-8-10-6-4-5-7-12(10)19-11/h4-8,18H,9H2,1-3H3,(H,15,17). The molecule has 0 aliphatic carbocycles. The van der Waals surface area contributed by atoms with Crippen LogP contribution in [0.3, 0.4) is 0 Å². The molecule has 0 spiro atoms. The van der Waals surface area contributed by atoms with E-state index in [1.54, 1.807) is 11.3 Å². The Morgan fingerprint density at radius 3 is 2.74 bits per heavy atom. The Bertz CT molecular complexity index is 557. The molecule has 102 valence electrons. The van der Waals surface area contributed by atoms with Crippen molar-refractivity contribution >= 4 is 27.5 Å². The van der Waals surface area contributed by atoms with E-state index in [4.69, 9.17) is 5.21 Å². The molecule has 2 amide bonds. The number of thiophene rings is 1. The fourth-order valence-electron chi connectivity index (χ4n) is 1.97. The molecule has 2 aromatic rings. The minimum absolute atomic E-state index is 0.408. The van der Waals surface area contributed by atoms with E-state index in [-0.39, 0.29) is 0 Å². The van der Waals surface area contributed by atoms with Gasteiger partial charge in [0, 0.05) is 28.6 Å². The van der Waals surface area contributed by atoms with Crippen LogP contribution in [-0.2, 0) is 6.42 Å². The highest BCUT2D eigenvalue weighted by atomic mass is 32.1. The third-order valence-electron chi connectivity index (χ3n) is 2.83. The number of nitrogens with zero attached hydrogens (tertiary/aromatic N) is 1. The molecule has 19 heavy (non-hydrogen) atoms. The SMILES string of the molecule is CN(O)C(=O)NC(C)(C)Cc1cc2ccccc2s1. The van der Waals surface area contributed by atoms with Gasteiger partial charge < -0.3 is 5.32 Å². The number of rotatable bonds is 3. The van der Waals surface area contributed by atoms with Crippen LogP contribution < -0.4 is 5.32 Å². The Labute approximate surface area is 116 Å². The lowest BCUT2D eigenvalue weighted by Crippen LogP contribution is -2.49. The van der Waals surface area contributed by atoms with Crippen molar-refractivity contribution in [1.82, 2.24) is 10.4 Å². The number of nitrogens with one attached hydrogen (secondary N) is 1. The summed E-state index contributed by atoms with van der Waals surface area (Å²) in [7, 11) is 1.31. The van der Waals surface area contributed by atoms with Gasteiger partial charge >= 0.3 is 6.03 Å². The number of hydroxylamine groups is 2. The van der Waals surface area contributed by atoms with Crippen molar-refractivity contribution in [3.05, 3.63) is 35.2 Å². The number of urea groups is 1. The molecule has 0 aliphatic rings. The minimum atomic E-state index is -0.494. The zero-order valence-electron chi connectivity index (χ0n) is 11.3. The third-order valence-corrected chi connectivity index (χ3v) is 3.95. The van der Waals surface area contributed by atoms with Gasteiger partial charge in [0.15, 0.2) is 0 Å². The Kier molecular flexibility index (Phi) is 3.78. The van der Waals surface area contributed by atoms with E-state index in [2.05, 4.69) is 23.5 Å². The zero-order valence-corrected chi connectivity index (χ0v) is 12.1. The topological polar surface area (TPSA) is 52.6 Å². The van der Waals surface area contributed by atoms with Crippen molar-refractivity contribution in [2.75, 3.05) is 7.05 Å². The number of carbonyl (C=O) groups excluding carboxylic acids is 1. The van der Waals surface area contributed by atoms with E-state index in [0.717, 1.165) is 6.42 Å². The molecule has 0 aliphatic heterocycles. The summed E-state index contributed by atoms with van der Waals surface area (Å²) in [6, 6.07) is 9.88. The molecule has 1 aromatic carbocycles. The Hall–Kier alpha value is -1.59. The van der Waals surface area contributed by atoms with Crippen LogP contribution in [0.25, 0.3) is 10.1 Å². The van der Waals surface area contributed by atoms with Crippen LogP contribution in [-0.4, -0.2) is 28.9 Å². The maximum atomic E-state index is 11.5. The fourth-order valence-corrected chi connectivity index (χ4v) is 3.27. The first-order valence-corrected chi connectivity index (χ1v) is 6.91. The van der Waals surface area contributed by atoms with Gasteiger partial charge in [0.1, 0.15) is 0 Å². The Morgan fingerprint density at radius 1 is 1.42 bits per heavy atom. The average molecular weight is 278 g/mol. The van der Waals surface area contributed by atoms with E-state index in [9.17, 15) is 4.79 Å². The lowest BCUT2D eigenvalue weighted by Gasteiger charge is -2.26. The summed E-state index contributed by atoms with van der Waals surface area (Å²) in [5.41, 5.74) is -0.408. The molecule has 0 fully saturated rings. The molecule has 2 N–H and O–H groups in total. The summed E-state index contributed by atoms with van der Waals surface area (Å²) in [6.45, 7) is 3.89. The molecule has 0 atom stereocenters. The molecule has 5 heteroatoms. The van der Waals surface area contributed by atoms with Crippen LogP contribution in [0, 0.1) is 0 Å². The predicted octanol–water partition coefficient (Wildman–Crippen LogP) is 3.25. The molecule has 0 radical (unpaired) electrons. The first-order valence-electron chi connectivity index (χ1n) is 6.10. The molecule has 0 unspecified atom stereocenters. The van der Waals surface area contributed by atoms with Gasteiger partial charge in [-0.15, -0.1) is 11.3 Å². The number of hydrogen-bond donors (Lipinski definition) is 2. The van der Waals surface area contributed by atoms with Crippen molar-refractivity contribution in [2.45, 2.75) is 25.8 Å². The second kappa shape index (κ2) is 5.19. The quantitative estimate of drug-likeness (QED) is 0.669. The first-order chi connectivity index (χ1) is 8.87. The van der Waals surface area contributed by atoms with Gasteiger partial charge in [-0.2, -0.15) is 0 Å². The Morgan fingerprint density at radius 2 is 2.11 bits per heavy atom. The second-order valence-corrected chi connectivity index (χ2v) is 6.43. The number of hydrogen-bond acceptors (Lipinski definition) is 3. The van der Waals surface area contributed by atoms with Crippen molar-refractivity contribution in [2.24, 2.45) is 0 Å². The van der Waals surface area contributed by atoms with Crippen molar-refractivity contribution in [1.29, 1.82) is 0 Å². The summed E-state index contributed by atoms with van der Waals surface area (Å²) in [5.74, 6) is 0.